The molecule has 0 amide bonds. The van der Waals surface area contributed by atoms with Crippen molar-refractivity contribution in [2.75, 3.05) is 0 Å². The SMILES string of the molecule is C[C@@H](NS(=O)C(C)(C)C)c1cc(C2CC2)ccc1F. The molecule has 2 atom stereocenters. The van der Waals surface area contributed by atoms with Gasteiger partial charge in [0.1, 0.15) is 5.82 Å². The quantitative estimate of drug-likeness (QED) is 0.894. The standard InChI is InChI=1S/C15H22FNOS/c1-10(17-19(18)15(2,3)4)13-9-12(11-5-6-11)7-8-14(13)16/h7-11,17H,5-6H2,1-4H3/t10-,19?/m1/s1. The third-order valence-corrected chi connectivity index (χ3v) is 5.06. The minimum Gasteiger partial charge on any atom is -0.242 e. The fourth-order valence-corrected chi connectivity index (χ4v) is 2.77. The van der Waals surface area contributed by atoms with Crippen LogP contribution in [0.4, 0.5) is 4.39 Å². The van der Waals surface area contributed by atoms with E-state index >= 15 is 0 Å². The van der Waals surface area contributed by atoms with Crippen molar-refractivity contribution >= 4 is 11.0 Å². The average molecular weight is 283 g/mol. The van der Waals surface area contributed by atoms with Crippen LogP contribution in [0.3, 0.4) is 0 Å². The molecule has 0 radical (unpaired) electrons. The van der Waals surface area contributed by atoms with E-state index in [4.69, 9.17) is 0 Å². The molecule has 1 aliphatic carbocycles. The molecule has 0 bridgehead atoms. The van der Waals surface area contributed by atoms with Crippen molar-refractivity contribution in [3.8, 4) is 0 Å². The number of nitrogens with one attached hydrogen (secondary N) is 1. The maximum atomic E-state index is 13.9. The summed E-state index contributed by atoms with van der Waals surface area (Å²) in [6.07, 6.45) is 2.39. The molecular weight excluding hydrogens is 261 g/mol. The predicted molar refractivity (Wildman–Crippen MR) is 77.8 cm³/mol. The highest BCUT2D eigenvalue weighted by atomic mass is 32.2. The van der Waals surface area contributed by atoms with Gasteiger partial charge in [0.15, 0.2) is 0 Å². The Morgan fingerprint density at radius 2 is 2.00 bits per heavy atom. The van der Waals surface area contributed by atoms with Crippen LogP contribution in [0.25, 0.3) is 0 Å². The maximum absolute atomic E-state index is 13.9. The Labute approximate surface area is 117 Å². The van der Waals surface area contributed by atoms with Gasteiger partial charge in [-0.25, -0.2) is 13.3 Å². The van der Waals surface area contributed by atoms with Crippen molar-refractivity contribution in [2.45, 2.75) is 57.2 Å². The first-order valence-corrected chi connectivity index (χ1v) is 7.91. The normalized spacial score (nSPS) is 19.2. The van der Waals surface area contributed by atoms with Gasteiger partial charge >= 0.3 is 0 Å². The highest BCUT2D eigenvalue weighted by Crippen LogP contribution is 2.41. The van der Waals surface area contributed by atoms with E-state index in [0.717, 1.165) is 0 Å². The van der Waals surface area contributed by atoms with Crippen LogP contribution in [-0.4, -0.2) is 8.96 Å². The van der Waals surface area contributed by atoms with Crippen molar-refractivity contribution in [3.05, 3.63) is 35.1 Å². The van der Waals surface area contributed by atoms with Crippen LogP contribution in [0.5, 0.6) is 0 Å². The summed E-state index contributed by atoms with van der Waals surface area (Å²) in [5.41, 5.74) is 1.81. The van der Waals surface area contributed by atoms with E-state index in [2.05, 4.69) is 4.72 Å². The number of hydrogen-bond donors (Lipinski definition) is 1. The summed E-state index contributed by atoms with van der Waals surface area (Å²) >= 11 is 0. The smallest absolute Gasteiger partial charge is 0.128 e. The van der Waals surface area contributed by atoms with E-state index in [1.165, 1.54) is 24.5 Å². The minimum atomic E-state index is -1.19. The second-order valence-corrected chi connectivity index (χ2v) is 8.27. The first-order valence-electron chi connectivity index (χ1n) is 6.76. The van der Waals surface area contributed by atoms with E-state index in [9.17, 15) is 8.60 Å². The largest absolute Gasteiger partial charge is 0.242 e. The summed E-state index contributed by atoms with van der Waals surface area (Å²) in [4.78, 5) is 0. The zero-order chi connectivity index (χ0) is 14.2. The van der Waals surface area contributed by atoms with Crippen LogP contribution in [0.15, 0.2) is 18.2 Å². The lowest BCUT2D eigenvalue weighted by Crippen LogP contribution is -2.35. The summed E-state index contributed by atoms with van der Waals surface area (Å²) in [5, 5.41) is 0. The lowest BCUT2D eigenvalue weighted by atomic mass is 10.0. The molecule has 1 fully saturated rings. The van der Waals surface area contributed by atoms with Crippen LogP contribution < -0.4 is 4.72 Å². The van der Waals surface area contributed by atoms with Crippen LogP contribution in [0.2, 0.25) is 0 Å². The molecule has 1 aromatic rings. The molecule has 4 heteroatoms. The number of halogens is 1. The molecule has 2 rings (SSSR count). The molecule has 2 nitrogen and oxygen atoms in total. The second kappa shape index (κ2) is 5.33. The van der Waals surface area contributed by atoms with Crippen molar-refractivity contribution in [1.82, 2.24) is 4.72 Å². The van der Waals surface area contributed by atoms with Gasteiger partial charge in [0.2, 0.25) is 0 Å². The van der Waals surface area contributed by atoms with Crippen molar-refractivity contribution in [3.63, 3.8) is 0 Å². The Balaban J connectivity index is 2.16. The summed E-state index contributed by atoms with van der Waals surface area (Å²) in [7, 11) is -1.19. The highest BCUT2D eigenvalue weighted by molar-refractivity contribution is 7.84. The Bertz CT molecular complexity index is 491. The zero-order valence-electron chi connectivity index (χ0n) is 12.0. The molecule has 106 valence electrons. The lowest BCUT2D eigenvalue weighted by Gasteiger charge is -2.22. The number of hydrogen-bond acceptors (Lipinski definition) is 1. The third kappa shape index (κ3) is 3.63. The van der Waals surface area contributed by atoms with Gasteiger partial charge in [-0.15, -0.1) is 0 Å². The molecular formula is C15H22FNOS. The molecule has 19 heavy (non-hydrogen) atoms. The second-order valence-electron chi connectivity index (χ2n) is 6.28. The maximum Gasteiger partial charge on any atom is 0.128 e. The molecule has 1 aromatic carbocycles. The van der Waals surface area contributed by atoms with Crippen LogP contribution in [-0.2, 0) is 11.0 Å². The van der Waals surface area contributed by atoms with Crippen LogP contribution >= 0.6 is 0 Å². The molecule has 0 spiro atoms. The molecule has 1 N–H and O–H groups in total. The number of rotatable bonds is 4. The van der Waals surface area contributed by atoms with Gasteiger partial charge in [0.25, 0.3) is 0 Å². The van der Waals surface area contributed by atoms with E-state index in [1.54, 1.807) is 0 Å². The molecule has 0 aliphatic heterocycles. The zero-order valence-corrected chi connectivity index (χ0v) is 12.8. The topological polar surface area (TPSA) is 29.1 Å². The van der Waals surface area contributed by atoms with Gasteiger partial charge in [-0.1, -0.05) is 12.1 Å². The Hall–Kier alpha value is -0.740. The average Bonchev–Trinajstić information content (AvgIpc) is 3.12. The summed E-state index contributed by atoms with van der Waals surface area (Å²) in [5.74, 6) is 0.370. The van der Waals surface area contributed by atoms with Crippen molar-refractivity contribution in [1.29, 1.82) is 0 Å². The van der Waals surface area contributed by atoms with Gasteiger partial charge in [-0.3, -0.25) is 0 Å². The first kappa shape index (κ1) is 14.7. The Morgan fingerprint density at radius 1 is 1.37 bits per heavy atom. The molecule has 1 aliphatic rings. The summed E-state index contributed by atoms with van der Waals surface area (Å²) < 4.78 is 28.6. The molecule has 0 saturated heterocycles. The van der Waals surface area contributed by atoms with Crippen molar-refractivity contribution in [2.24, 2.45) is 0 Å². The summed E-state index contributed by atoms with van der Waals surface area (Å²) in [6, 6.07) is 5.06. The highest BCUT2D eigenvalue weighted by Gasteiger charge is 2.26. The predicted octanol–water partition coefficient (Wildman–Crippen LogP) is 3.82. The fourth-order valence-electron chi connectivity index (χ4n) is 1.97. The van der Waals surface area contributed by atoms with Gasteiger partial charge in [-0.05, 0) is 58.1 Å². The summed E-state index contributed by atoms with van der Waals surface area (Å²) in [6.45, 7) is 7.57. The van der Waals surface area contributed by atoms with Gasteiger partial charge in [0, 0.05) is 11.6 Å². The van der Waals surface area contributed by atoms with E-state index in [1.807, 2.05) is 39.8 Å². The minimum absolute atomic E-state index is 0.227. The monoisotopic (exact) mass is 283 g/mol. The Morgan fingerprint density at radius 3 is 2.53 bits per heavy atom. The Kier molecular flexibility index (Phi) is 4.11. The van der Waals surface area contributed by atoms with E-state index in [-0.39, 0.29) is 16.6 Å². The molecule has 1 unspecified atom stereocenters. The number of benzene rings is 1. The molecule has 0 aromatic heterocycles. The third-order valence-electron chi connectivity index (χ3n) is 3.38. The lowest BCUT2D eigenvalue weighted by molar-refractivity contribution is 0.571. The van der Waals surface area contributed by atoms with Gasteiger partial charge in [0.05, 0.1) is 15.7 Å². The van der Waals surface area contributed by atoms with E-state index < -0.39 is 11.0 Å². The van der Waals surface area contributed by atoms with E-state index in [0.29, 0.717) is 11.5 Å². The first-order chi connectivity index (χ1) is 8.79. The molecule has 1 saturated carbocycles. The molecule has 0 heterocycles. The van der Waals surface area contributed by atoms with Gasteiger partial charge in [-0.2, -0.15) is 0 Å². The van der Waals surface area contributed by atoms with Crippen LogP contribution in [0.1, 0.15) is 63.6 Å². The van der Waals surface area contributed by atoms with Crippen LogP contribution in [0, 0.1) is 5.82 Å². The van der Waals surface area contributed by atoms with Gasteiger partial charge < -0.3 is 0 Å². The van der Waals surface area contributed by atoms with Crippen molar-refractivity contribution < 1.29 is 8.60 Å². The fraction of sp³-hybridized carbons (Fsp3) is 0.600.